The molecule has 4 heteroatoms. The van der Waals surface area contributed by atoms with E-state index >= 15 is 0 Å². The fourth-order valence-electron chi connectivity index (χ4n) is 0.522. The van der Waals surface area contributed by atoms with E-state index in [0.717, 1.165) is 0 Å². The van der Waals surface area contributed by atoms with Gasteiger partial charge in [0, 0.05) is 12.4 Å². The van der Waals surface area contributed by atoms with Crippen molar-refractivity contribution in [2.45, 2.75) is 6.29 Å². The van der Waals surface area contributed by atoms with E-state index in [9.17, 15) is 0 Å². The molecule has 0 saturated heterocycles. The number of rotatable bonds is 0. The third kappa shape index (κ3) is 1.06. The van der Waals surface area contributed by atoms with Crippen molar-refractivity contribution in [3.8, 4) is 6.19 Å². The molecule has 9 heavy (non-hydrogen) atoms. The summed E-state index contributed by atoms with van der Waals surface area (Å²) in [5, 5.41) is 8.33. The topological polar surface area (TPSA) is 65.4 Å². The van der Waals surface area contributed by atoms with E-state index in [0.29, 0.717) is 0 Å². The monoisotopic (exact) mass is 122 g/mol. The maximum Gasteiger partial charge on any atom is 0.186 e. The van der Waals surface area contributed by atoms with Gasteiger partial charge in [-0.2, -0.15) is 5.26 Å². The summed E-state index contributed by atoms with van der Waals surface area (Å²) in [7, 11) is 0. The predicted molar refractivity (Wildman–Crippen MR) is 33.1 cm³/mol. The first-order chi connectivity index (χ1) is 4.34. The molecule has 0 aromatic rings. The normalized spacial score (nSPS) is 24.0. The molecule has 1 atom stereocenters. The molecule has 0 fully saturated rings. The lowest BCUT2D eigenvalue weighted by atomic mass is 10.5. The Hall–Kier alpha value is -1.34. The second kappa shape index (κ2) is 2.29. The van der Waals surface area contributed by atoms with Gasteiger partial charge in [0.05, 0.1) is 0 Å². The number of nitriles is 1. The van der Waals surface area contributed by atoms with Crippen LogP contribution in [0.2, 0.25) is 0 Å². The van der Waals surface area contributed by atoms with E-state index in [4.69, 9.17) is 11.0 Å². The van der Waals surface area contributed by atoms with Gasteiger partial charge in [-0.25, -0.2) is 4.90 Å². The van der Waals surface area contributed by atoms with Gasteiger partial charge >= 0.3 is 0 Å². The number of hydrogen-bond acceptors (Lipinski definition) is 4. The van der Waals surface area contributed by atoms with Gasteiger partial charge in [-0.3, -0.25) is 10.7 Å². The molecule has 1 aliphatic heterocycles. The van der Waals surface area contributed by atoms with Crippen LogP contribution < -0.4 is 5.73 Å². The first kappa shape index (κ1) is 5.79. The Morgan fingerprint density at radius 2 is 2.56 bits per heavy atom. The van der Waals surface area contributed by atoms with Crippen molar-refractivity contribution in [2.75, 3.05) is 0 Å². The highest BCUT2D eigenvalue weighted by Crippen LogP contribution is 1.96. The minimum absolute atomic E-state index is 0.528. The van der Waals surface area contributed by atoms with Crippen LogP contribution in [0.25, 0.3) is 0 Å². The largest absolute Gasteiger partial charge is 0.292 e. The SMILES string of the molecule is N#CN1C=CC=NC1N. The van der Waals surface area contributed by atoms with Crippen LogP contribution in [0.5, 0.6) is 0 Å². The van der Waals surface area contributed by atoms with E-state index in [1.807, 2.05) is 6.19 Å². The van der Waals surface area contributed by atoms with Gasteiger partial charge in [0.2, 0.25) is 0 Å². The van der Waals surface area contributed by atoms with Crippen LogP contribution in [0.15, 0.2) is 17.3 Å². The lowest BCUT2D eigenvalue weighted by molar-refractivity contribution is 0.398. The molecule has 1 unspecified atom stereocenters. The van der Waals surface area contributed by atoms with E-state index in [1.165, 1.54) is 4.90 Å². The van der Waals surface area contributed by atoms with Crippen molar-refractivity contribution in [3.05, 3.63) is 12.3 Å². The average molecular weight is 122 g/mol. The first-order valence-electron chi connectivity index (χ1n) is 2.48. The highest BCUT2D eigenvalue weighted by molar-refractivity contribution is 5.71. The minimum Gasteiger partial charge on any atom is -0.292 e. The summed E-state index contributed by atoms with van der Waals surface area (Å²) in [6.07, 6.45) is 6.14. The summed E-state index contributed by atoms with van der Waals surface area (Å²) >= 11 is 0. The number of allylic oxidation sites excluding steroid dienone is 1. The third-order valence-corrected chi connectivity index (χ3v) is 0.972. The van der Waals surface area contributed by atoms with Crippen molar-refractivity contribution in [1.29, 1.82) is 5.26 Å². The molecule has 1 heterocycles. The predicted octanol–water partition coefficient (Wildman–Crippen LogP) is -0.390. The van der Waals surface area contributed by atoms with Crippen LogP contribution in [0.4, 0.5) is 0 Å². The average Bonchev–Trinajstić information content (AvgIpc) is 1.89. The number of aliphatic imine (C=N–C) groups is 1. The van der Waals surface area contributed by atoms with E-state index in [1.54, 1.807) is 18.5 Å². The second-order valence-electron chi connectivity index (χ2n) is 1.56. The zero-order valence-electron chi connectivity index (χ0n) is 4.73. The van der Waals surface area contributed by atoms with Crippen molar-refractivity contribution < 1.29 is 0 Å². The van der Waals surface area contributed by atoms with Gasteiger partial charge < -0.3 is 0 Å². The van der Waals surface area contributed by atoms with E-state index in [-0.39, 0.29) is 0 Å². The molecule has 0 saturated carbocycles. The lowest BCUT2D eigenvalue weighted by Gasteiger charge is -2.16. The zero-order chi connectivity index (χ0) is 6.69. The van der Waals surface area contributed by atoms with Crippen molar-refractivity contribution in [1.82, 2.24) is 4.90 Å². The van der Waals surface area contributed by atoms with Gasteiger partial charge in [-0.05, 0) is 6.08 Å². The summed E-state index contributed by atoms with van der Waals surface area (Å²) in [5.41, 5.74) is 5.34. The Morgan fingerprint density at radius 1 is 1.78 bits per heavy atom. The third-order valence-electron chi connectivity index (χ3n) is 0.972. The molecular formula is C5H6N4. The van der Waals surface area contributed by atoms with Crippen LogP contribution in [0.3, 0.4) is 0 Å². The smallest absolute Gasteiger partial charge is 0.186 e. The molecule has 4 nitrogen and oxygen atoms in total. The van der Waals surface area contributed by atoms with Crippen LogP contribution in [-0.2, 0) is 0 Å². The van der Waals surface area contributed by atoms with Gasteiger partial charge in [-0.15, -0.1) is 0 Å². The summed E-state index contributed by atoms with van der Waals surface area (Å²) in [6.45, 7) is 0. The van der Waals surface area contributed by atoms with Crippen molar-refractivity contribution in [3.63, 3.8) is 0 Å². The number of hydrogen-bond donors (Lipinski definition) is 1. The zero-order valence-corrected chi connectivity index (χ0v) is 4.73. The van der Waals surface area contributed by atoms with Crippen LogP contribution in [0, 0.1) is 11.5 Å². The Morgan fingerprint density at radius 3 is 3.00 bits per heavy atom. The van der Waals surface area contributed by atoms with Gasteiger partial charge in [0.15, 0.2) is 12.5 Å². The molecule has 2 N–H and O–H groups in total. The van der Waals surface area contributed by atoms with Gasteiger partial charge in [0.25, 0.3) is 0 Å². The maximum atomic E-state index is 8.33. The fourth-order valence-corrected chi connectivity index (χ4v) is 0.522. The standard InChI is InChI=1S/C5H6N4/c6-4-9-3-1-2-8-5(9)7/h1-3,5H,7H2. The Bertz CT molecular complexity index is 188. The molecule has 0 radical (unpaired) electrons. The summed E-state index contributed by atoms with van der Waals surface area (Å²) in [5.74, 6) is 0. The maximum absolute atomic E-state index is 8.33. The Labute approximate surface area is 52.9 Å². The van der Waals surface area contributed by atoms with E-state index < -0.39 is 6.29 Å². The van der Waals surface area contributed by atoms with Gasteiger partial charge in [0.1, 0.15) is 0 Å². The highest BCUT2D eigenvalue weighted by Gasteiger charge is 2.07. The van der Waals surface area contributed by atoms with Gasteiger partial charge in [-0.1, -0.05) is 0 Å². The molecule has 0 aromatic heterocycles. The van der Waals surface area contributed by atoms with E-state index in [2.05, 4.69) is 4.99 Å². The summed E-state index contributed by atoms with van der Waals surface area (Å²) in [4.78, 5) is 5.02. The molecular weight excluding hydrogens is 116 g/mol. The summed E-state index contributed by atoms with van der Waals surface area (Å²) < 4.78 is 0. The van der Waals surface area contributed by atoms with Crippen LogP contribution in [-0.4, -0.2) is 17.4 Å². The molecule has 0 amide bonds. The van der Waals surface area contributed by atoms with Crippen molar-refractivity contribution in [2.24, 2.45) is 10.7 Å². The lowest BCUT2D eigenvalue weighted by Crippen LogP contribution is -2.34. The quantitative estimate of drug-likeness (QED) is 0.445. The fraction of sp³-hybridized carbons (Fsp3) is 0.200. The Kier molecular flexibility index (Phi) is 1.47. The molecule has 46 valence electrons. The molecule has 0 aromatic carbocycles. The number of nitrogens with two attached hydrogens (primary N) is 1. The molecule has 0 aliphatic carbocycles. The van der Waals surface area contributed by atoms with Crippen LogP contribution >= 0.6 is 0 Å². The van der Waals surface area contributed by atoms with Crippen LogP contribution in [0.1, 0.15) is 0 Å². The number of nitrogens with zero attached hydrogens (tertiary/aromatic N) is 3. The molecule has 0 bridgehead atoms. The van der Waals surface area contributed by atoms with Crippen molar-refractivity contribution >= 4 is 6.21 Å². The second-order valence-corrected chi connectivity index (χ2v) is 1.56. The minimum atomic E-state index is -0.528. The molecule has 0 spiro atoms. The Balaban J connectivity index is 2.68. The highest BCUT2D eigenvalue weighted by atomic mass is 15.3. The summed E-state index contributed by atoms with van der Waals surface area (Å²) in [6, 6.07) is 0. The molecule has 1 aliphatic rings. The molecule has 1 rings (SSSR count). The first-order valence-corrected chi connectivity index (χ1v) is 2.48.